The van der Waals surface area contributed by atoms with Gasteiger partial charge in [0.1, 0.15) is 0 Å². The first-order valence-corrected chi connectivity index (χ1v) is 12.6. The van der Waals surface area contributed by atoms with Crippen molar-refractivity contribution in [2.24, 2.45) is 11.5 Å². The molecule has 1 aromatic carbocycles. The Bertz CT molecular complexity index is 1240. The van der Waals surface area contributed by atoms with Gasteiger partial charge >= 0.3 is 0 Å². The fourth-order valence-corrected chi connectivity index (χ4v) is 6.05. The van der Waals surface area contributed by atoms with E-state index in [1.165, 1.54) is 13.3 Å². The van der Waals surface area contributed by atoms with Gasteiger partial charge in [-0.3, -0.25) is 0 Å². The second kappa shape index (κ2) is 9.47. The minimum atomic E-state index is 0.0615. The van der Waals surface area contributed by atoms with Gasteiger partial charge in [0.05, 0.1) is 28.5 Å². The number of nitrogens with zero attached hydrogens (tertiary/aromatic N) is 4. The van der Waals surface area contributed by atoms with Crippen LogP contribution in [0, 0.1) is 0 Å². The summed E-state index contributed by atoms with van der Waals surface area (Å²) in [5, 5.41) is 12.9. The number of benzene rings is 1. The average molecular weight is 494 g/mol. The molecule has 2 aromatic heterocycles. The highest BCUT2D eigenvalue weighted by Crippen LogP contribution is 2.36. The van der Waals surface area contributed by atoms with Gasteiger partial charge in [0.25, 0.3) is 0 Å². The molecule has 8 nitrogen and oxygen atoms in total. The number of piperidine rings is 1. The molecule has 5 N–H and O–H groups in total. The van der Waals surface area contributed by atoms with Crippen LogP contribution in [-0.2, 0) is 4.74 Å². The summed E-state index contributed by atoms with van der Waals surface area (Å²) in [4.78, 5) is 6.87. The summed E-state index contributed by atoms with van der Waals surface area (Å²) < 4.78 is 6.09. The second-order valence-corrected chi connectivity index (χ2v) is 11.3. The van der Waals surface area contributed by atoms with Gasteiger partial charge in [-0.15, -0.1) is 21.5 Å². The second-order valence-electron chi connectivity index (χ2n) is 10.4. The fraction of sp³-hybridized carbons (Fsp3) is 0.423. The standard InChI is InChI=1S/C26H35N7OS/c1-25(2)12-17(13-26(3,4)32-25)33(5)22-10-9-20(30-31-22)19-8-7-18(24-23(19)29-15-35-24)16(14-27)11-21(28)34-6/h7-11,14-15,17,32H,12-13,27-28H2,1-6H3/b16-14+,21-11+. The topological polar surface area (TPSA) is 115 Å². The third-order valence-electron chi connectivity index (χ3n) is 6.51. The third kappa shape index (κ3) is 5.26. The lowest BCUT2D eigenvalue weighted by Gasteiger charge is -2.49. The van der Waals surface area contributed by atoms with Crippen molar-refractivity contribution in [1.82, 2.24) is 20.5 Å². The molecule has 0 spiro atoms. The van der Waals surface area contributed by atoms with Crippen molar-refractivity contribution in [2.45, 2.75) is 57.7 Å². The molecule has 3 aromatic rings. The lowest BCUT2D eigenvalue weighted by atomic mass is 9.79. The molecule has 0 atom stereocenters. The minimum absolute atomic E-state index is 0.0615. The van der Waals surface area contributed by atoms with Crippen molar-refractivity contribution in [3.8, 4) is 11.3 Å². The maximum atomic E-state index is 5.89. The van der Waals surface area contributed by atoms with E-state index in [0.29, 0.717) is 6.04 Å². The van der Waals surface area contributed by atoms with E-state index < -0.39 is 0 Å². The molecule has 0 radical (unpaired) electrons. The van der Waals surface area contributed by atoms with Gasteiger partial charge in [0, 0.05) is 53.1 Å². The summed E-state index contributed by atoms with van der Waals surface area (Å²) >= 11 is 1.55. The molecule has 35 heavy (non-hydrogen) atoms. The lowest BCUT2D eigenvalue weighted by molar-refractivity contribution is 0.160. The Morgan fingerprint density at radius 1 is 1.14 bits per heavy atom. The highest BCUT2D eigenvalue weighted by molar-refractivity contribution is 7.17. The maximum Gasteiger partial charge on any atom is 0.184 e. The van der Waals surface area contributed by atoms with Crippen LogP contribution in [0.15, 0.2) is 47.9 Å². The molecule has 1 aliphatic heterocycles. The Hall–Kier alpha value is -3.17. The van der Waals surface area contributed by atoms with Gasteiger partial charge in [-0.1, -0.05) is 6.07 Å². The van der Waals surface area contributed by atoms with Crippen LogP contribution in [0.5, 0.6) is 0 Å². The number of fused-ring (bicyclic) bond motifs is 1. The first kappa shape index (κ1) is 24.9. The average Bonchev–Trinajstić information content (AvgIpc) is 3.29. The van der Waals surface area contributed by atoms with Crippen LogP contribution in [-0.4, -0.2) is 46.5 Å². The smallest absolute Gasteiger partial charge is 0.184 e. The van der Waals surface area contributed by atoms with E-state index in [9.17, 15) is 0 Å². The normalized spacial score (nSPS) is 18.6. The molecule has 1 fully saturated rings. The van der Waals surface area contributed by atoms with Crippen LogP contribution in [0.1, 0.15) is 46.1 Å². The molecule has 0 amide bonds. The summed E-state index contributed by atoms with van der Waals surface area (Å²) in [5.74, 6) is 1.15. The SMILES string of the molecule is CO/C(N)=C/C(=C\N)c1ccc(-c2ccc(N(C)C3CC(C)(C)NC(C)(C)C3)nn2)c2ncsc12. The van der Waals surface area contributed by atoms with Crippen molar-refractivity contribution in [1.29, 1.82) is 0 Å². The van der Waals surface area contributed by atoms with Crippen LogP contribution >= 0.6 is 11.3 Å². The predicted octanol–water partition coefficient (Wildman–Crippen LogP) is 4.24. The molecule has 0 bridgehead atoms. The fourth-order valence-electron chi connectivity index (χ4n) is 5.20. The van der Waals surface area contributed by atoms with Crippen molar-refractivity contribution < 1.29 is 4.74 Å². The van der Waals surface area contributed by atoms with E-state index in [2.05, 4.69) is 60.1 Å². The zero-order chi connectivity index (χ0) is 25.4. The summed E-state index contributed by atoms with van der Waals surface area (Å²) in [6, 6.07) is 8.45. The van der Waals surface area contributed by atoms with Gasteiger partial charge in [0.2, 0.25) is 0 Å². The van der Waals surface area contributed by atoms with Crippen LogP contribution in [0.4, 0.5) is 5.82 Å². The quantitative estimate of drug-likeness (QED) is 0.345. The van der Waals surface area contributed by atoms with Crippen LogP contribution < -0.4 is 21.7 Å². The first-order chi connectivity index (χ1) is 16.5. The Labute approximate surface area is 211 Å². The largest absolute Gasteiger partial charge is 0.483 e. The Morgan fingerprint density at radius 2 is 1.86 bits per heavy atom. The molecule has 0 aliphatic carbocycles. The summed E-state index contributed by atoms with van der Waals surface area (Å²) in [5.41, 5.74) is 18.0. The third-order valence-corrected chi connectivity index (χ3v) is 7.37. The Balaban J connectivity index is 1.63. The van der Waals surface area contributed by atoms with Crippen molar-refractivity contribution >= 4 is 32.9 Å². The number of allylic oxidation sites excluding steroid dienone is 2. The molecular formula is C26H35N7OS. The monoisotopic (exact) mass is 493 g/mol. The van der Waals surface area contributed by atoms with Crippen molar-refractivity contribution in [2.75, 3.05) is 19.1 Å². The predicted molar refractivity (Wildman–Crippen MR) is 145 cm³/mol. The molecule has 9 heteroatoms. The van der Waals surface area contributed by atoms with Crippen LogP contribution in [0.25, 0.3) is 27.0 Å². The number of methoxy groups -OCH3 is 1. The minimum Gasteiger partial charge on any atom is -0.483 e. The van der Waals surface area contributed by atoms with Crippen LogP contribution in [0.2, 0.25) is 0 Å². The lowest BCUT2D eigenvalue weighted by Crippen LogP contribution is -2.62. The number of thiazole rings is 1. The molecule has 3 heterocycles. The maximum absolute atomic E-state index is 5.89. The number of hydrogen-bond acceptors (Lipinski definition) is 9. The molecule has 186 valence electrons. The van der Waals surface area contributed by atoms with Gasteiger partial charge in [-0.25, -0.2) is 4.98 Å². The number of rotatable bonds is 6. The Morgan fingerprint density at radius 3 is 2.46 bits per heavy atom. The van der Waals surface area contributed by atoms with E-state index in [1.807, 2.05) is 29.8 Å². The summed E-state index contributed by atoms with van der Waals surface area (Å²) in [6.07, 6.45) is 5.31. The molecule has 1 saturated heterocycles. The zero-order valence-corrected chi connectivity index (χ0v) is 22.1. The first-order valence-electron chi connectivity index (χ1n) is 11.7. The summed E-state index contributed by atoms with van der Waals surface area (Å²) in [6.45, 7) is 9.04. The Kier molecular flexibility index (Phi) is 6.75. The van der Waals surface area contributed by atoms with Crippen molar-refractivity contribution in [3.05, 3.63) is 53.5 Å². The number of nitrogens with one attached hydrogen (secondary N) is 1. The number of ether oxygens (including phenoxy) is 1. The molecule has 0 saturated carbocycles. The van der Waals surface area contributed by atoms with Gasteiger partial charge in [0.15, 0.2) is 11.7 Å². The van der Waals surface area contributed by atoms with Gasteiger partial charge in [-0.2, -0.15) is 0 Å². The van der Waals surface area contributed by atoms with E-state index in [-0.39, 0.29) is 17.0 Å². The summed E-state index contributed by atoms with van der Waals surface area (Å²) in [7, 11) is 3.64. The van der Waals surface area contributed by atoms with E-state index in [4.69, 9.17) is 16.2 Å². The van der Waals surface area contributed by atoms with E-state index in [0.717, 1.165) is 51.3 Å². The van der Waals surface area contributed by atoms with Crippen molar-refractivity contribution in [3.63, 3.8) is 0 Å². The zero-order valence-electron chi connectivity index (χ0n) is 21.3. The molecular weight excluding hydrogens is 458 g/mol. The number of anilines is 1. The molecule has 1 aliphatic rings. The highest BCUT2D eigenvalue weighted by Gasteiger charge is 2.39. The molecule has 0 unspecified atom stereocenters. The van der Waals surface area contributed by atoms with Gasteiger partial charge < -0.3 is 26.4 Å². The van der Waals surface area contributed by atoms with E-state index in [1.54, 1.807) is 17.4 Å². The number of aromatic nitrogens is 3. The molecule has 4 rings (SSSR count). The highest BCUT2D eigenvalue weighted by atomic mass is 32.1. The van der Waals surface area contributed by atoms with Crippen LogP contribution in [0.3, 0.4) is 0 Å². The van der Waals surface area contributed by atoms with E-state index >= 15 is 0 Å². The number of hydrogen-bond donors (Lipinski definition) is 3. The number of nitrogens with two attached hydrogens (primary N) is 2. The van der Waals surface area contributed by atoms with Gasteiger partial charge in [-0.05, 0) is 58.7 Å².